The van der Waals surface area contributed by atoms with Crippen LogP contribution in [0.15, 0.2) is 0 Å². The van der Waals surface area contributed by atoms with Gasteiger partial charge in [-0.3, -0.25) is 0 Å². The number of piperidine rings is 1. The van der Waals surface area contributed by atoms with Crippen LogP contribution in [0.2, 0.25) is 0 Å². The Morgan fingerprint density at radius 1 is 1.35 bits per heavy atom. The van der Waals surface area contributed by atoms with E-state index in [0.717, 1.165) is 12.8 Å². The van der Waals surface area contributed by atoms with Crippen LogP contribution in [0, 0.1) is 11.3 Å². The first-order valence-corrected chi connectivity index (χ1v) is 8.03. The topological polar surface area (TPSA) is 63.4 Å². The molecule has 0 aromatic carbocycles. The summed E-state index contributed by atoms with van der Waals surface area (Å²) in [6.07, 6.45) is 2.71. The van der Waals surface area contributed by atoms with Gasteiger partial charge in [-0.2, -0.15) is 0 Å². The molecule has 17 heavy (non-hydrogen) atoms. The molecule has 0 radical (unpaired) electrons. The van der Waals surface area contributed by atoms with Gasteiger partial charge in [0.25, 0.3) is 0 Å². The minimum atomic E-state index is -3.08. The van der Waals surface area contributed by atoms with E-state index in [4.69, 9.17) is 5.73 Å². The molecular formula is C12H26N2O2S. The Morgan fingerprint density at radius 2 is 2.00 bits per heavy atom. The molecule has 1 aliphatic heterocycles. The summed E-state index contributed by atoms with van der Waals surface area (Å²) in [5, 5.41) is 0. The number of nitrogens with zero attached hydrogens (tertiary/aromatic N) is 1. The maximum Gasteiger partial charge on any atom is 0.214 e. The van der Waals surface area contributed by atoms with Crippen molar-refractivity contribution in [2.45, 2.75) is 40.0 Å². The lowest BCUT2D eigenvalue weighted by Gasteiger charge is -2.32. The minimum absolute atomic E-state index is 0.0656. The van der Waals surface area contributed by atoms with Crippen LogP contribution in [0.3, 0.4) is 0 Å². The third kappa shape index (κ3) is 4.94. The molecule has 0 aliphatic carbocycles. The zero-order valence-electron chi connectivity index (χ0n) is 11.3. The Labute approximate surface area is 106 Å². The lowest BCUT2D eigenvalue weighted by Crippen LogP contribution is -2.43. The monoisotopic (exact) mass is 262 g/mol. The molecule has 2 N–H and O–H groups in total. The second kappa shape index (κ2) is 5.67. The first-order valence-electron chi connectivity index (χ1n) is 6.42. The average Bonchev–Trinajstić information content (AvgIpc) is 2.26. The summed E-state index contributed by atoms with van der Waals surface area (Å²) >= 11 is 0. The number of hydrogen-bond donors (Lipinski definition) is 1. The Kier molecular flexibility index (Phi) is 4.98. The fourth-order valence-electron chi connectivity index (χ4n) is 2.04. The van der Waals surface area contributed by atoms with E-state index in [0.29, 0.717) is 32.0 Å². The molecule has 0 bridgehead atoms. The molecule has 0 aromatic heterocycles. The summed E-state index contributed by atoms with van der Waals surface area (Å²) in [7, 11) is -3.08. The van der Waals surface area contributed by atoms with Crippen LogP contribution in [-0.4, -0.2) is 38.1 Å². The first kappa shape index (κ1) is 14.9. The summed E-state index contributed by atoms with van der Waals surface area (Å²) in [5.41, 5.74) is 5.70. The lowest BCUT2D eigenvalue weighted by atomic mass is 9.94. The van der Waals surface area contributed by atoms with Crippen molar-refractivity contribution in [3.8, 4) is 0 Å². The Morgan fingerprint density at radius 3 is 2.53 bits per heavy atom. The van der Waals surface area contributed by atoms with Gasteiger partial charge in [0.1, 0.15) is 0 Å². The van der Waals surface area contributed by atoms with Crippen LogP contribution in [0.1, 0.15) is 40.0 Å². The van der Waals surface area contributed by atoms with E-state index >= 15 is 0 Å². The molecule has 1 rings (SSSR count). The highest BCUT2D eigenvalue weighted by Gasteiger charge is 2.29. The second-order valence-electron chi connectivity index (χ2n) is 6.23. The van der Waals surface area contributed by atoms with E-state index in [9.17, 15) is 8.42 Å². The molecule has 0 spiro atoms. The van der Waals surface area contributed by atoms with Crippen LogP contribution in [0.4, 0.5) is 0 Å². The van der Waals surface area contributed by atoms with Crippen molar-refractivity contribution >= 4 is 10.0 Å². The minimum Gasteiger partial charge on any atom is -0.330 e. The van der Waals surface area contributed by atoms with Crippen molar-refractivity contribution in [1.29, 1.82) is 0 Å². The highest BCUT2D eigenvalue weighted by Crippen LogP contribution is 2.23. The number of rotatable bonds is 4. The predicted molar refractivity (Wildman–Crippen MR) is 71.2 cm³/mol. The molecule has 0 aromatic rings. The fraction of sp³-hybridized carbons (Fsp3) is 1.00. The molecular weight excluding hydrogens is 236 g/mol. The summed E-state index contributed by atoms with van der Waals surface area (Å²) in [5.74, 6) is 0.599. The molecule has 1 saturated heterocycles. The highest BCUT2D eigenvalue weighted by molar-refractivity contribution is 7.89. The van der Waals surface area contributed by atoms with Crippen LogP contribution in [-0.2, 0) is 10.0 Å². The van der Waals surface area contributed by atoms with Crippen molar-refractivity contribution in [1.82, 2.24) is 4.31 Å². The van der Waals surface area contributed by atoms with Gasteiger partial charge in [0.15, 0.2) is 0 Å². The zero-order chi connectivity index (χ0) is 13.1. The number of hydrogen-bond acceptors (Lipinski definition) is 3. The first-order chi connectivity index (χ1) is 7.74. The van der Waals surface area contributed by atoms with Gasteiger partial charge in [-0.05, 0) is 37.1 Å². The molecule has 5 heteroatoms. The Balaban J connectivity index is 2.57. The summed E-state index contributed by atoms with van der Waals surface area (Å²) in [6.45, 7) is 8.08. The van der Waals surface area contributed by atoms with Crippen molar-refractivity contribution in [2.24, 2.45) is 17.1 Å². The Bertz CT molecular complexity index is 333. The largest absolute Gasteiger partial charge is 0.330 e. The third-order valence-electron chi connectivity index (χ3n) is 3.32. The smallest absolute Gasteiger partial charge is 0.214 e. The number of sulfonamides is 1. The summed E-state index contributed by atoms with van der Waals surface area (Å²) in [6, 6.07) is 0. The molecule has 102 valence electrons. The van der Waals surface area contributed by atoms with Crippen molar-refractivity contribution in [2.75, 3.05) is 25.4 Å². The van der Waals surface area contributed by atoms with Gasteiger partial charge in [-0.1, -0.05) is 20.8 Å². The van der Waals surface area contributed by atoms with Crippen LogP contribution in [0.25, 0.3) is 0 Å². The molecule has 0 saturated carbocycles. The third-order valence-corrected chi connectivity index (χ3v) is 5.16. The van der Waals surface area contributed by atoms with Crippen LogP contribution < -0.4 is 5.73 Å². The highest BCUT2D eigenvalue weighted by atomic mass is 32.2. The van der Waals surface area contributed by atoms with E-state index in [2.05, 4.69) is 20.8 Å². The standard InChI is InChI=1S/C12H26N2O2S/c1-12(2,3)6-8-17(15,16)14-7-4-5-11(9-13)10-14/h11H,4-10,13H2,1-3H3. The molecule has 4 nitrogen and oxygen atoms in total. The zero-order valence-corrected chi connectivity index (χ0v) is 12.1. The quantitative estimate of drug-likeness (QED) is 0.833. The maximum absolute atomic E-state index is 12.2. The van der Waals surface area contributed by atoms with Gasteiger partial charge >= 0.3 is 0 Å². The van der Waals surface area contributed by atoms with Gasteiger partial charge in [0.2, 0.25) is 10.0 Å². The molecule has 1 heterocycles. The normalized spacial score (nSPS) is 23.9. The van der Waals surface area contributed by atoms with Gasteiger partial charge in [-0.15, -0.1) is 0 Å². The van der Waals surface area contributed by atoms with Crippen molar-refractivity contribution in [3.63, 3.8) is 0 Å². The Hall–Kier alpha value is -0.130. The maximum atomic E-state index is 12.2. The van der Waals surface area contributed by atoms with E-state index in [1.807, 2.05) is 0 Å². The average molecular weight is 262 g/mol. The van der Waals surface area contributed by atoms with E-state index < -0.39 is 10.0 Å². The van der Waals surface area contributed by atoms with Crippen LogP contribution in [0.5, 0.6) is 0 Å². The molecule has 0 amide bonds. The van der Waals surface area contributed by atoms with Crippen LogP contribution >= 0.6 is 0 Å². The van der Waals surface area contributed by atoms with E-state index in [1.54, 1.807) is 4.31 Å². The lowest BCUT2D eigenvalue weighted by molar-refractivity contribution is 0.269. The molecule has 1 aliphatic rings. The second-order valence-corrected chi connectivity index (χ2v) is 8.32. The fourth-order valence-corrected chi connectivity index (χ4v) is 4.01. The predicted octanol–water partition coefficient (Wildman–Crippen LogP) is 1.42. The molecule has 1 fully saturated rings. The SMILES string of the molecule is CC(C)(C)CCS(=O)(=O)N1CCCC(CN)C1. The van der Waals surface area contributed by atoms with Gasteiger partial charge in [0.05, 0.1) is 5.75 Å². The van der Waals surface area contributed by atoms with Gasteiger partial charge < -0.3 is 5.73 Å². The van der Waals surface area contributed by atoms with Gasteiger partial charge in [0, 0.05) is 13.1 Å². The molecule has 1 atom stereocenters. The van der Waals surface area contributed by atoms with Crippen molar-refractivity contribution < 1.29 is 8.42 Å². The molecule has 1 unspecified atom stereocenters. The number of nitrogens with two attached hydrogens (primary N) is 1. The summed E-state index contributed by atoms with van der Waals surface area (Å²) in [4.78, 5) is 0. The summed E-state index contributed by atoms with van der Waals surface area (Å²) < 4.78 is 26.0. The van der Waals surface area contributed by atoms with E-state index in [1.165, 1.54) is 0 Å². The van der Waals surface area contributed by atoms with Gasteiger partial charge in [-0.25, -0.2) is 12.7 Å². The van der Waals surface area contributed by atoms with Crippen molar-refractivity contribution in [3.05, 3.63) is 0 Å². The van der Waals surface area contributed by atoms with E-state index in [-0.39, 0.29) is 11.2 Å².